The van der Waals surface area contributed by atoms with E-state index in [1.165, 1.54) is 0 Å². The Balaban J connectivity index is 2.40. The van der Waals surface area contributed by atoms with Gasteiger partial charge in [0.2, 0.25) is 0 Å². The molecule has 0 saturated carbocycles. The lowest BCUT2D eigenvalue weighted by Gasteiger charge is -2.40. The Morgan fingerprint density at radius 2 is 2.21 bits per heavy atom. The molecule has 0 aromatic heterocycles. The number of morpholine rings is 1. The lowest BCUT2D eigenvalue weighted by Crippen LogP contribution is -2.48. The maximum Gasteiger partial charge on any atom is 0.172 e. The van der Waals surface area contributed by atoms with E-state index in [9.17, 15) is 0 Å². The molecule has 0 aliphatic carbocycles. The van der Waals surface area contributed by atoms with Crippen molar-refractivity contribution in [1.29, 1.82) is 0 Å². The molecule has 1 saturated heterocycles. The van der Waals surface area contributed by atoms with Crippen LogP contribution in [0.2, 0.25) is 0 Å². The van der Waals surface area contributed by atoms with Gasteiger partial charge in [0.05, 0.1) is 12.2 Å². The van der Waals surface area contributed by atoms with E-state index in [-0.39, 0.29) is 11.4 Å². The average Bonchev–Trinajstić information content (AvgIpc) is 2.36. The third kappa shape index (κ3) is 2.98. The maximum absolute atomic E-state index is 8.90. The number of anilines is 1. The molecule has 5 heteroatoms. The zero-order chi connectivity index (χ0) is 14.0. The summed E-state index contributed by atoms with van der Waals surface area (Å²) in [6, 6.07) is 5.92. The second-order valence-electron chi connectivity index (χ2n) is 5.54. The number of nitrogens with zero attached hydrogens (tertiary/aromatic N) is 2. The highest BCUT2D eigenvalue weighted by atomic mass is 16.5. The van der Waals surface area contributed by atoms with Crippen molar-refractivity contribution in [2.24, 2.45) is 10.9 Å². The van der Waals surface area contributed by atoms with E-state index in [4.69, 9.17) is 15.7 Å². The van der Waals surface area contributed by atoms with Gasteiger partial charge < -0.3 is 20.6 Å². The van der Waals surface area contributed by atoms with Gasteiger partial charge in [-0.3, -0.25) is 0 Å². The number of benzene rings is 1. The second-order valence-corrected chi connectivity index (χ2v) is 5.54. The predicted molar refractivity (Wildman–Crippen MR) is 75.9 cm³/mol. The fourth-order valence-corrected chi connectivity index (χ4v) is 2.40. The van der Waals surface area contributed by atoms with Gasteiger partial charge in [0.15, 0.2) is 5.84 Å². The van der Waals surface area contributed by atoms with Gasteiger partial charge in [-0.05, 0) is 38.5 Å². The van der Waals surface area contributed by atoms with Crippen LogP contribution >= 0.6 is 0 Å². The molecule has 0 bridgehead atoms. The molecule has 0 radical (unpaired) electrons. The van der Waals surface area contributed by atoms with Crippen LogP contribution in [0.5, 0.6) is 0 Å². The fraction of sp³-hybridized carbons (Fsp3) is 0.500. The first-order valence-corrected chi connectivity index (χ1v) is 6.40. The monoisotopic (exact) mass is 263 g/mol. The lowest BCUT2D eigenvalue weighted by atomic mass is 10.0. The zero-order valence-corrected chi connectivity index (χ0v) is 11.7. The van der Waals surface area contributed by atoms with Crippen LogP contribution in [-0.2, 0) is 4.74 Å². The third-order valence-electron chi connectivity index (χ3n) is 3.30. The van der Waals surface area contributed by atoms with Gasteiger partial charge in [-0.2, -0.15) is 0 Å². The highest BCUT2D eigenvalue weighted by Gasteiger charge is 2.28. The normalized spacial score (nSPS) is 19.5. The summed E-state index contributed by atoms with van der Waals surface area (Å²) in [6.07, 6.45) is 0. The zero-order valence-electron chi connectivity index (χ0n) is 11.7. The highest BCUT2D eigenvalue weighted by Crippen LogP contribution is 2.27. The van der Waals surface area contributed by atoms with Crippen molar-refractivity contribution in [3.63, 3.8) is 0 Å². The molecule has 0 unspecified atom stereocenters. The minimum Gasteiger partial charge on any atom is -0.409 e. The molecule has 1 heterocycles. The Bertz CT molecular complexity index is 497. The summed E-state index contributed by atoms with van der Waals surface area (Å²) in [5.74, 6) is 0.138. The minimum atomic E-state index is -0.190. The van der Waals surface area contributed by atoms with Crippen LogP contribution in [0.4, 0.5) is 5.69 Å². The Morgan fingerprint density at radius 3 is 2.84 bits per heavy atom. The standard InChI is InChI=1S/C14H21N3O2/c1-10-4-5-11(13(15)16-18)12(8-10)17-6-7-19-14(2,3)9-17/h4-5,8,18H,6-7,9H2,1-3H3,(H2,15,16). The molecule has 1 aromatic carbocycles. The highest BCUT2D eigenvalue weighted by molar-refractivity contribution is 6.02. The molecule has 0 spiro atoms. The maximum atomic E-state index is 8.90. The number of oxime groups is 1. The van der Waals surface area contributed by atoms with Crippen molar-refractivity contribution >= 4 is 11.5 Å². The van der Waals surface area contributed by atoms with Gasteiger partial charge in [-0.1, -0.05) is 11.2 Å². The van der Waals surface area contributed by atoms with Crippen LogP contribution in [0.1, 0.15) is 25.0 Å². The second kappa shape index (κ2) is 5.09. The molecule has 1 fully saturated rings. The van der Waals surface area contributed by atoms with Gasteiger partial charge >= 0.3 is 0 Å². The van der Waals surface area contributed by atoms with E-state index in [0.717, 1.165) is 29.9 Å². The number of hydrogen-bond acceptors (Lipinski definition) is 4. The predicted octanol–water partition coefficient (Wildman–Crippen LogP) is 1.70. The lowest BCUT2D eigenvalue weighted by molar-refractivity contribution is -0.0277. The van der Waals surface area contributed by atoms with Crippen LogP contribution in [0.15, 0.2) is 23.4 Å². The SMILES string of the molecule is Cc1ccc(C(N)=NO)c(N2CCOC(C)(C)C2)c1. The molecule has 19 heavy (non-hydrogen) atoms. The van der Waals surface area contributed by atoms with Gasteiger partial charge in [0, 0.05) is 24.3 Å². The fourth-order valence-electron chi connectivity index (χ4n) is 2.40. The third-order valence-corrected chi connectivity index (χ3v) is 3.30. The van der Waals surface area contributed by atoms with Crippen molar-refractivity contribution in [3.05, 3.63) is 29.3 Å². The first-order valence-electron chi connectivity index (χ1n) is 6.40. The molecule has 2 rings (SSSR count). The summed E-state index contributed by atoms with van der Waals surface area (Å²) >= 11 is 0. The van der Waals surface area contributed by atoms with Crippen LogP contribution in [-0.4, -0.2) is 36.3 Å². The van der Waals surface area contributed by atoms with Crippen molar-refractivity contribution in [1.82, 2.24) is 0 Å². The molecule has 3 N–H and O–H groups in total. The molecule has 5 nitrogen and oxygen atoms in total. The largest absolute Gasteiger partial charge is 0.409 e. The molecule has 0 atom stereocenters. The smallest absolute Gasteiger partial charge is 0.172 e. The van der Waals surface area contributed by atoms with Crippen LogP contribution in [0.25, 0.3) is 0 Å². The number of ether oxygens (including phenoxy) is 1. The van der Waals surface area contributed by atoms with Gasteiger partial charge in [0.1, 0.15) is 0 Å². The molecule has 1 aliphatic heterocycles. The molecule has 1 aliphatic rings. The summed E-state index contributed by atoms with van der Waals surface area (Å²) in [4.78, 5) is 2.23. The number of nitrogens with two attached hydrogens (primary N) is 1. The quantitative estimate of drug-likeness (QED) is 0.369. The molecular formula is C14H21N3O2. The summed E-state index contributed by atoms with van der Waals surface area (Å²) < 4.78 is 5.72. The van der Waals surface area contributed by atoms with Crippen molar-refractivity contribution < 1.29 is 9.94 Å². The number of rotatable bonds is 2. The van der Waals surface area contributed by atoms with E-state index < -0.39 is 0 Å². The topological polar surface area (TPSA) is 71.1 Å². The average molecular weight is 263 g/mol. The first-order chi connectivity index (χ1) is 8.93. The summed E-state index contributed by atoms with van der Waals surface area (Å²) in [5, 5.41) is 12.0. The number of aryl methyl sites for hydroxylation is 1. The van der Waals surface area contributed by atoms with E-state index in [1.54, 1.807) is 0 Å². The van der Waals surface area contributed by atoms with E-state index >= 15 is 0 Å². The minimum absolute atomic E-state index is 0.138. The van der Waals surface area contributed by atoms with Crippen LogP contribution < -0.4 is 10.6 Å². The molecule has 1 aromatic rings. The van der Waals surface area contributed by atoms with Crippen molar-refractivity contribution in [3.8, 4) is 0 Å². The molecule has 0 amide bonds. The number of amidine groups is 1. The van der Waals surface area contributed by atoms with E-state index in [2.05, 4.69) is 30.0 Å². The van der Waals surface area contributed by atoms with Gasteiger partial charge in [-0.15, -0.1) is 0 Å². The van der Waals surface area contributed by atoms with Crippen LogP contribution in [0, 0.1) is 6.92 Å². The van der Waals surface area contributed by atoms with Crippen molar-refractivity contribution in [2.75, 3.05) is 24.6 Å². The first kappa shape index (κ1) is 13.7. The van der Waals surface area contributed by atoms with Gasteiger partial charge in [0.25, 0.3) is 0 Å². The summed E-state index contributed by atoms with van der Waals surface area (Å²) in [6.45, 7) is 8.43. The van der Waals surface area contributed by atoms with Crippen molar-refractivity contribution in [2.45, 2.75) is 26.4 Å². The molecular weight excluding hydrogens is 242 g/mol. The van der Waals surface area contributed by atoms with E-state index in [1.807, 2.05) is 19.1 Å². The summed E-state index contributed by atoms with van der Waals surface area (Å²) in [7, 11) is 0. The van der Waals surface area contributed by atoms with E-state index in [0.29, 0.717) is 6.61 Å². The Kier molecular flexibility index (Phi) is 3.66. The Morgan fingerprint density at radius 1 is 1.47 bits per heavy atom. The number of hydrogen-bond donors (Lipinski definition) is 2. The van der Waals surface area contributed by atoms with Crippen LogP contribution in [0.3, 0.4) is 0 Å². The Labute approximate surface area is 113 Å². The summed E-state index contributed by atoms with van der Waals surface area (Å²) in [5.41, 5.74) is 8.47. The van der Waals surface area contributed by atoms with Gasteiger partial charge in [-0.25, -0.2) is 0 Å². The Hall–Kier alpha value is -1.75. The molecule has 104 valence electrons.